The molecule has 1 aliphatic carbocycles. The van der Waals surface area contributed by atoms with Crippen LogP contribution in [0.2, 0.25) is 0 Å². The second-order valence-electron chi connectivity index (χ2n) is 4.46. The molecule has 0 bridgehead atoms. The summed E-state index contributed by atoms with van der Waals surface area (Å²) in [6, 6.07) is 0.746. The molecule has 84 valence electrons. The monoisotopic (exact) mass is 199 g/mol. The molecule has 0 saturated heterocycles. The first kappa shape index (κ1) is 12.0. The Morgan fingerprint density at radius 1 is 1.43 bits per heavy atom. The van der Waals surface area contributed by atoms with Crippen molar-refractivity contribution in [2.24, 2.45) is 5.92 Å². The second-order valence-corrected chi connectivity index (χ2v) is 4.46. The van der Waals surface area contributed by atoms with Crippen LogP contribution >= 0.6 is 0 Å². The molecular formula is C12H25NO. The van der Waals surface area contributed by atoms with E-state index in [9.17, 15) is 0 Å². The zero-order valence-corrected chi connectivity index (χ0v) is 9.88. The lowest BCUT2D eigenvalue weighted by Gasteiger charge is -2.19. The van der Waals surface area contributed by atoms with Gasteiger partial charge in [0.25, 0.3) is 0 Å². The molecule has 0 aromatic carbocycles. The molecule has 1 aliphatic rings. The lowest BCUT2D eigenvalue weighted by Crippen LogP contribution is -2.29. The van der Waals surface area contributed by atoms with Crippen LogP contribution in [0.5, 0.6) is 0 Å². The molecule has 1 N–H and O–H groups in total. The largest absolute Gasteiger partial charge is 0.379 e. The fourth-order valence-corrected chi connectivity index (χ4v) is 2.30. The highest BCUT2D eigenvalue weighted by Crippen LogP contribution is 2.28. The van der Waals surface area contributed by atoms with E-state index < -0.39 is 0 Å². The maximum Gasteiger partial charge on any atom is 0.0544 e. The zero-order valence-electron chi connectivity index (χ0n) is 9.88. The Labute approximate surface area is 88.4 Å². The van der Waals surface area contributed by atoms with Gasteiger partial charge in [-0.25, -0.2) is 0 Å². The number of nitrogens with one attached hydrogen (secondary N) is 1. The highest BCUT2D eigenvalue weighted by molar-refractivity contribution is 4.81. The van der Waals surface area contributed by atoms with Gasteiger partial charge < -0.3 is 10.1 Å². The van der Waals surface area contributed by atoms with Crippen molar-refractivity contribution in [2.45, 2.75) is 58.1 Å². The SMILES string of the molecule is CCC(C)OCCC1CCCC1NC. The van der Waals surface area contributed by atoms with E-state index in [1.165, 1.54) is 25.7 Å². The van der Waals surface area contributed by atoms with Gasteiger partial charge in [0, 0.05) is 12.6 Å². The van der Waals surface area contributed by atoms with E-state index >= 15 is 0 Å². The van der Waals surface area contributed by atoms with Gasteiger partial charge in [0.2, 0.25) is 0 Å². The second kappa shape index (κ2) is 6.41. The van der Waals surface area contributed by atoms with Gasteiger partial charge in [0.1, 0.15) is 0 Å². The van der Waals surface area contributed by atoms with E-state index in [0.29, 0.717) is 6.10 Å². The predicted molar refractivity (Wildman–Crippen MR) is 60.5 cm³/mol. The van der Waals surface area contributed by atoms with Gasteiger partial charge in [0.15, 0.2) is 0 Å². The standard InChI is InChI=1S/C12H25NO/c1-4-10(2)14-9-8-11-6-5-7-12(11)13-3/h10-13H,4-9H2,1-3H3. The van der Waals surface area contributed by atoms with Crippen molar-refractivity contribution >= 4 is 0 Å². The lowest BCUT2D eigenvalue weighted by molar-refractivity contribution is 0.0528. The van der Waals surface area contributed by atoms with Crippen LogP contribution in [0.15, 0.2) is 0 Å². The number of hydrogen-bond acceptors (Lipinski definition) is 2. The molecule has 1 rings (SSSR count). The van der Waals surface area contributed by atoms with Crippen LogP contribution in [0, 0.1) is 5.92 Å². The molecule has 3 atom stereocenters. The molecule has 0 heterocycles. The van der Waals surface area contributed by atoms with Gasteiger partial charge in [-0.05, 0) is 45.6 Å². The fraction of sp³-hybridized carbons (Fsp3) is 1.00. The molecule has 0 aromatic heterocycles. The van der Waals surface area contributed by atoms with E-state index in [1.54, 1.807) is 0 Å². The van der Waals surface area contributed by atoms with E-state index in [0.717, 1.165) is 25.0 Å². The summed E-state index contributed by atoms with van der Waals surface area (Å²) in [5.74, 6) is 0.851. The van der Waals surface area contributed by atoms with Crippen molar-refractivity contribution < 1.29 is 4.74 Å². The maximum atomic E-state index is 5.72. The van der Waals surface area contributed by atoms with Gasteiger partial charge in [0.05, 0.1) is 6.10 Å². The molecule has 14 heavy (non-hydrogen) atoms. The van der Waals surface area contributed by atoms with Crippen LogP contribution in [0.3, 0.4) is 0 Å². The third kappa shape index (κ3) is 3.58. The number of rotatable bonds is 6. The van der Waals surface area contributed by atoms with Crippen LogP contribution in [0.25, 0.3) is 0 Å². The van der Waals surface area contributed by atoms with Crippen molar-refractivity contribution in [3.8, 4) is 0 Å². The fourth-order valence-electron chi connectivity index (χ4n) is 2.30. The maximum absolute atomic E-state index is 5.72. The van der Waals surface area contributed by atoms with Crippen LogP contribution in [-0.4, -0.2) is 25.8 Å². The predicted octanol–water partition coefficient (Wildman–Crippen LogP) is 2.58. The Morgan fingerprint density at radius 2 is 2.21 bits per heavy atom. The molecular weight excluding hydrogens is 174 g/mol. The van der Waals surface area contributed by atoms with Gasteiger partial charge in [-0.2, -0.15) is 0 Å². The summed E-state index contributed by atoms with van der Waals surface area (Å²) in [4.78, 5) is 0. The van der Waals surface area contributed by atoms with E-state index in [1.807, 2.05) is 0 Å². The van der Waals surface area contributed by atoms with Crippen molar-refractivity contribution in [3.63, 3.8) is 0 Å². The summed E-state index contributed by atoms with van der Waals surface area (Å²) in [5, 5.41) is 3.41. The lowest BCUT2D eigenvalue weighted by atomic mass is 10.0. The Hall–Kier alpha value is -0.0800. The Morgan fingerprint density at radius 3 is 2.86 bits per heavy atom. The summed E-state index contributed by atoms with van der Waals surface area (Å²) in [6.45, 7) is 5.28. The molecule has 1 fully saturated rings. The Balaban J connectivity index is 2.11. The molecule has 2 nitrogen and oxygen atoms in total. The number of ether oxygens (including phenoxy) is 1. The first-order valence-corrected chi connectivity index (χ1v) is 6.06. The summed E-state index contributed by atoms with van der Waals surface area (Å²) >= 11 is 0. The highest BCUT2D eigenvalue weighted by atomic mass is 16.5. The average Bonchev–Trinajstić information content (AvgIpc) is 2.65. The van der Waals surface area contributed by atoms with E-state index in [4.69, 9.17) is 4.74 Å². The summed E-state index contributed by atoms with van der Waals surface area (Å²) in [6.07, 6.45) is 6.92. The molecule has 3 unspecified atom stereocenters. The molecule has 0 radical (unpaired) electrons. The van der Waals surface area contributed by atoms with Crippen molar-refractivity contribution in [1.82, 2.24) is 5.32 Å². The third-order valence-corrected chi connectivity index (χ3v) is 3.50. The van der Waals surface area contributed by atoms with Gasteiger partial charge in [-0.3, -0.25) is 0 Å². The minimum absolute atomic E-state index is 0.435. The highest BCUT2D eigenvalue weighted by Gasteiger charge is 2.25. The summed E-state index contributed by atoms with van der Waals surface area (Å²) in [7, 11) is 2.08. The molecule has 2 heteroatoms. The Kier molecular flexibility index (Phi) is 5.49. The quantitative estimate of drug-likeness (QED) is 0.710. The summed E-state index contributed by atoms with van der Waals surface area (Å²) < 4.78 is 5.72. The third-order valence-electron chi connectivity index (χ3n) is 3.50. The van der Waals surface area contributed by atoms with Crippen LogP contribution in [0.4, 0.5) is 0 Å². The van der Waals surface area contributed by atoms with Crippen molar-refractivity contribution in [1.29, 1.82) is 0 Å². The molecule has 0 aromatic rings. The zero-order chi connectivity index (χ0) is 10.4. The van der Waals surface area contributed by atoms with Crippen LogP contribution < -0.4 is 5.32 Å². The van der Waals surface area contributed by atoms with E-state index in [2.05, 4.69) is 26.2 Å². The first-order valence-electron chi connectivity index (χ1n) is 6.06. The minimum Gasteiger partial charge on any atom is -0.379 e. The smallest absolute Gasteiger partial charge is 0.0544 e. The molecule has 0 aliphatic heterocycles. The van der Waals surface area contributed by atoms with Crippen LogP contribution in [0.1, 0.15) is 46.0 Å². The van der Waals surface area contributed by atoms with Crippen molar-refractivity contribution in [3.05, 3.63) is 0 Å². The normalized spacial score (nSPS) is 29.4. The van der Waals surface area contributed by atoms with Gasteiger partial charge in [-0.1, -0.05) is 13.3 Å². The minimum atomic E-state index is 0.435. The average molecular weight is 199 g/mol. The van der Waals surface area contributed by atoms with Crippen molar-refractivity contribution in [2.75, 3.05) is 13.7 Å². The molecule has 0 amide bonds. The first-order chi connectivity index (χ1) is 6.77. The topological polar surface area (TPSA) is 21.3 Å². The van der Waals surface area contributed by atoms with E-state index in [-0.39, 0.29) is 0 Å². The number of hydrogen-bond donors (Lipinski definition) is 1. The Bertz CT molecular complexity index is 149. The molecule has 0 spiro atoms. The van der Waals surface area contributed by atoms with Gasteiger partial charge in [-0.15, -0.1) is 0 Å². The van der Waals surface area contributed by atoms with Crippen LogP contribution in [-0.2, 0) is 4.74 Å². The van der Waals surface area contributed by atoms with Gasteiger partial charge >= 0.3 is 0 Å². The summed E-state index contributed by atoms with van der Waals surface area (Å²) in [5.41, 5.74) is 0. The molecule has 1 saturated carbocycles.